The molecule has 0 saturated carbocycles. The van der Waals surface area contributed by atoms with Crippen LogP contribution < -0.4 is 10.2 Å². The topological polar surface area (TPSA) is 80.1 Å². The monoisotopic (exact) mass is 820 g/mol. The van der Waals surface area contributed by atoms with Gasteiger partial charge in [0.25, 0.3) is 0 Å². The molecule has 0 N–H and O–H groups in total. The average molecular weight is 823 g/mol. The normalized spacial score (nSPS) is 13.4. The molecule has 2 aromatic carbocycles. The van der Waals surface area contributed by atoms with Gasteiger partial charge in [-0.2, -0.15) is 0 Å². The van der Waals surface area contributed by atoms with Crippen LogP contribution in [0.4, 0.5) is 0 Å². The number of rotatable bonds is 12. The van der Waals surface area contributed by atoms with Crippen molar-refractivity contribution < 1.29 is 30.8 Å². The molecule has 10 heteroatoms. The van der Waals surface area contributed by atoms with Crippen molar-refractivity contribution >= 4 is 52.3 Å². The third-order valence-electron chi connectivity index (χ3n) is 8.73. The van der Waals surface area contributed by atoms with Crippen molar-refractivity contribution in [2.24, 2.45) is 9.98 Å². The SMILES string of the molecule is CC(C)(C)c1cc(C=NCCC[Si](C)(C)O[Si](C)(C)CCCN=Cc2cc(C(C)(C)C)cc(C(C)(C)C)c2[O-])c([O-])c(C(C)(C)C)c1.ClCCl.[Ni+2]. The van der Waals surface area contributed by atoms with E-state index in [4.69, 9.17) is 37.3 Å². The Balaban J connectivity index is 0.00000602. The van der Waals surface area contributed by atoms with E-state index in [9.17, 15) is 10.2 Å². The summed E-state index contributed by atoms with van der Waals surface area (Å²) in [6.07, 6.45) is 5.48. The van der Waals surface area contributed by atoms with Crippen LogP contribution in [0.15, 0.2) is 34.3 Å². The zero-order valence-electron chi connectivity index (χ0n) is 34.6. The van der Waals surface area contributed by atoms with Gasteiger partial charge in [-0.25, -0.2) is 0 Å². The molecule has 0 spiro atoms. The van der Waals surface area contributed by atoms with Gasteiger partial charge < -0.3 is 14.3 Å². The van der Waals surface area contributed by atoms with E-state index in [0.717, 1.165) is 36.1 Å². The fraction of sp³-hybridized carbons (Fsp3) is 0.659. The molecule has 51 heavy (non-hydrogen) atoms. The molecule has 0 aliphatic heterocycles. The third-order valence-corrected chi connectivity index (χ3v) is 16.3. The zero-order valence-corrected chi connectivity index (χ0v) is 39.1. The van der Waals surface area contributed by atoms with Gasteiger partial charge in [-0.1, -0.05) is 119 Å². The standard InChI is InChI=1S/C40H68N2O3Si2.CH2Cl2.Ni/c1-37(2,3)31-23-29(35(43)33(25-31)39(7,8)9)27-41-19-17-21-46(13,14)45-47(15,16)22-18-20-42-28-30-24-32(38(4,5)6)26-34(36(30)44)40(10,11)12;2-1-3;/h23-28,43-44H,17-22H2,1-16H3;1H2;/q;;+2/p-2. The second-order valence-electron chi connectivity index (χ2n) is 18.9. The summed E-state index contributed by atoms with van der Waals surface area (Å²) in [7, 11) is -3.75. The van der Waals surface area contributed by atoms with Crippen LogP contribution in [0.1, 0.15) is 129 Å². The molecular weight excluding hydrogens is 754 g/mol. The molecule has 0 bridgehead atoms. The van der Waals surface area contributed by atoms with Gasteiger partial charge >= 0.3 is 16.5 Å². The second kappa shape index (κ2) is 20.0. The van der Waals surface area contributed by atoms with Gasteiger partial charge in [0.05, 0.1) is 5.34 Å². The summed E-state index contributed by atoms with van der Waals surface area (Å²) >= 11 is 9.53. The number of aliphatic imine (C=N–C) groups is 2. The number of alkyl halides is 2. The van der Waals surface area contributed by atoms with E-state index >= 15 is 0 Å². The van der Waals surface area contributed by atoms with E-state index in [0.29, 0.717) is 24.2 Å². The largest absolute Gasteiger partial charge is 2.00 e. The maximum absolute atomic E-state index is 13.3. The molecule has 0 fully saturated rings. The minimum absolute atomic E-state index is 0. The summed E-state index contributed by atoms with van der Waals surface area (Å²) in [6.45, 7) is 36.3. The van der Waals surface area contributed by atoms with Crippen LogP contribution in [-0.4, -0.2) is 47.5 Å². The van der Waals surface area contributed by atoms with Crippen LogP contribution >= 0.6 is 23.2 Å². The molecule has 2 rings (SSSR count). The van der Waals surface area contributed by atoms with Gasteiger partial charge in [-0.05, 0) is 106 Å². The molecule has 0 amide bonds. The van der Waals surface area contributed by atoms with Crippen LogP contribution in [0, 0.1) is 0 Å². The van der Waals surface area contributed by atoms with Crippen molar-refractivity contribution in [2.75, 3.05) is 18.4 Å². The van der Waals surface area contributed by atoms with Gasteiger partial charge in [-0.15, -0.1) is 23.2 Å². The fourth-order valence-electron chi connectivity index (χ4n) is 5.84. The number of halogens is 2. The Kier molecular flexibility index (Phi) is 19.5. The van der Waals surface area contributed by atoms with Crippen molar-refractivity contribution in [3.63, 3.8) is 0 Å². The molecule has 0 unspecified atom stereocenters. The van der Waals surface area contributed by atoms with E-state index in [1.165, 1.54) is 11.1 Å². The molecule has 0 aliphatic carbocycles. The number of benzene rings is 2. The number of nitrogens with zero attached hydrogens (tertiary/aromatic N) is 2. The summed E-state index contributed by atoms with van der Waals surface area (Å²) in [5.41, 5.74) is 4.91. The van der Waals surface area contributed by atoms with Crippen molar-refractivity contribution in [3.05, 3.63) is 57.6 Å². The van der Waals surface area contributed by atoms with Crippen molar-refractivity contribution in [1.82, 2.24) is 0 Å². The Morgan fingerprint density at radius 1 is 0.588 bits per heavy atom. The summed E-state index contributed by atoms with van der Waals surface area (Å²) in [4.78, 5) is 9.40. The third kappa shape index (κ3) is 17.2. The van der Waals surface area contributed by atoms with Crippen LogP contribution in [0.25, 0.3) is 0 Å². The van der Waals surface area contributed by atoms with Gasteiger partial charge in [0.1, 0.15) is 0 Å². The van der Waals surface area contributed by atoms with Crippen LogP contribution in [0.2, 0.25) is 38.3 Å². The quantitative estimate of drug-likeness (QED) is 0.0925. The Labute approximate surface area is 334 Å². The Bertz CT molecular complexity index is 1340. The van der Waals surface area contributed by atoms with Crippen molar-refractivity contribution in [1.29, 1.82) is 0 Å². The minimum atomic E-state index is -1.88. The number of hydrogen-bond donors (Lipinski definition) is 0. The molecule has 0 atom stereocenters. The first-order valence-electron chi connectivity index (χ1n) is 18.1. The molecule has 5 nitrogen and oxygen atoms in total. The smallest absolute Gasteiger partial charge is 0.872 e. The molecule has 2 aromatic rings. The second-order valence-corrected chi connectivity index (χ2v) is 28.5. The summed E-state index contributed by atoms with van der Waals surface area (Å²) in [5.74, 6) is 0.178. The molecule has 0 radical (unpaired) electrons. The van der Waals surface area contributed by atoms with E-state index in [-0.39, 0.29) is 55.0 Å². The molecule has 0 aliphatic rings. The summed E-state index contributed by atoms with van der Waals surface area (Å²) < 4.78 is 6.88. The Hall–Kier alpha value is -1.15. The van der Waals surface area contributed by atoms with E-state index in [1.807, 2.05) is 12.1 Å². The molecule has 0 aromatic heterocycles. The first kappa shape index (κ1) is 49.8. The first-order valence-corrected chi connectivity index (χ1v) is 25.4. The van der Waals surface area contributed by atoms with E-state index in [1.54, 1.807) is 12.4 Å². The Morgan fingerprint density at radius 3 is 1.14 bits per heavy atom. The summed E-state index contributed by atoms with van der Waals surface area (Å²) in [5, 5.41) is 26.7. The van der Waals surface area contributed by atoms with Crippen LogP contribution in [0.5, 0.6) is 11.5 Å². The average Bonchev–Trinajstić information content (AvgIpc) is 2.91. The predicted molar refractivity (Wildman–Crippen MR) is 223 cm³/mol. The molecule has 0 heterocycles. The van der Waals surface area contributed by atoms with Gasteiger partial charge in [-0.3, -0.25) is 9.98 Å². The van der Waals surface area contributed by atoms with Crippen LogP contribution in [0.3, 0.4) is 0 Å². The number of hydrogen-bond acceptors (Lipinski definition) is 5. The van der Waals surface area contributed by atoms with E-state index < -0.39 is 16.6 Å². The molecule has 0 saturated heterocycles. The minimum Gasteiger partial charge on any atom is -0.872 e. The van der Waals surface area contributed by atoms with Gasteiger partial charge in [0, 0.05) is 25.5 Å². The fourth-order valence-corrected chi connectivity index (χ4v) is 14.7. The van der Waals surface area contributed by atoms with E-state index in [2.05, 4.69) is 121 Å². The predicted octanol–water partition coefficient (Wildman–Crippen LogP) is 11.2. The van der Waals surface area contributed by atoms with Crippen LogP contribution in [-0.2, 0) is 42.3 Å². The summed E-state index contributed by atoms with van der Waals surface area (Å²) in [6, 6.07) is 10.3. The molecular formula is C41H68Cl2N2NiO3Si2. The van der Waals surface area contributed by atoms with Crippen molar-refractivity contribution in [2.45, 2.75) is 156 Å². The maximum Gasteiger partial charge on any atom is 2.00 e. The zero-order chi connectivity index (χ0) is 38.9. The maximum atomic E-state index is 13.3. The van der Waals surface area contributed by atoms with Gasteiger partial charge in [0.2, 0.25) is 0 Å². The van der Waals surface area contributed by atoms with Gasteiger partial charge in [0.15, 0.2) is 16.6 Å². The first-order chi connectivity index (χ1) is 22.6. The van der Waals surface area contributed by atoms with Crippen molar-refractivity contribution in [3.8, 4) is 11.5 Å². The Morgan fingerprint density at radius 2 is 0.882 bits per heavy atom. The molecule has 292 valence electrons.